The third kappa shape index (κ3) is 2.90. The van der Waals surface area contributed by atoms with E-state index in [1.165, 1.54) is 0 Å². The van der Waals surface area contributed by atoms with Crippen LogP contribution in [0.2, 0.25) is 0 Å². The van der Waals surface area contributed by atoms with Crippen molar-refractivity contribution in [1.82, 2.24) is 4.98 Å². The predicted molar refractivity (Wildman–Crippen MR) is 48.3 cm³/mol. The quantitative estimate of drug-likeness (QED) is 0.754. The van der Waals surface area contributed by atoms with Gasteiger partial charge in [-0.05, 0) is 18.6 Å². The molecule has 0 aliphatic carbocycles. The maximum atomic E-state index is 12.6. The highest BCUT2D eigenvalue weighted by Gasteiger charge is 2.34. The molecule has 0 saturated carbocycles. The number of aromatic nitrogens is 1. The topological polar surface area (TPSA) is 36.7 Å². The van der Waals surface area contributed by atoms with Gasteiger partial charge in [0.05, 0.1) is 23.7 Å². The maximum absolute atomic E-state index is 12.6. The molecule has 2 nitrogen and oxygen atoms in total. The predicted octanol–water partition coefficient (Wildman–Crippen LogP) is 3.41. The number of rotatable bonds is 2. The van der Waals surface area contributed by atoms with E-state index in [9.17, 15) is 22.0 Å². The van der Waals surface area contributed by atoms with Gasteiger partial charge >= 0.3 is 6.18 Å². The fourth-order valence-corrected chi connectivity index (χ4v) is 1.34. The van der Waals surface area contributed by atoms with Gasteiger partial charge < -0.3 is 0 Å². The van der Waals surface area contributed by atoms with Crippen molar-refractivity contribution in [2.24, 2.45) is 0 Å². The van der Waals surface area contributed by atoms with Gasteiger partial charge in [-0.1, -0.05) is 0 Å². The van der Waals surface area contributed by atoms with Gasteiger partial charge in [0.25, 0.3) is 6.43 Å². The van der Waals surface area contributed by atoms with Crippen LogP contribution < -0.4 is 0 Å². The summed E-state index contributed by atoms with van der Waals surface area (Å²) in [6, 6.07) is 1.92. The Morgan fingerprint density at radius 2 is 2.00 bits per heavy atom. The molecule has 7 heteroatoms. The average molecular weight is 250 g/mol. The van der Waals surface area contributed by atoms with Crippen LogP contribution in [-0.4, -0.2) is 4.98 Å². The first-order chi connectivity index (χ1) is 7.77. The fourth-order valence-electron chi connectivity index (χ4n) is 1.34. The Balaban J connectivity index is 3.44. The van der Waals surface area contributed by atoms with Crippen molar-refractivity contribution in [3.8, 4) is 6.07 Å². The average Bonchev–Trinajstić information content (AvgIpc) is 2.19. The molecule has 0 atom stereocenters. The Hall–Kier alpha value is -1.71. The van der Waals surface area contributed by atoms with Crippen molar-refractivity contribution in [2.45, 2.75) is 25.9 Å². The summed E-state index contributed by atoms with van der Waals surface area (Å²) in [5.41, 5.74) is -2.69. The second kappa shape index (κ2) is 4.65. The van der Waals surface area contributed by atoms with Gasteiger partial charge in [0.1, 0.15) is 5.69 Å². The lowest BCUT2D eigenvalue weighted by Crippen LogP contribution is -2.12. The van der Waals surface area contributed by atoms with Gasteiger partial charge in [0, 0.05) is 0 Å². The number of pyridine rings is 1. The molecule has 0 spiro atoms. The third-order valence-corrected chi connectivity index (χ3v) is 2.17. The van der Waals surface area contributed by atoms with Gasteiger partial charge in [-0.25, -0.2) is 8.78 Å². The number of nitrogens with zero attached hydrogens (tertiary/aromatic N) is 2. The number of nitriles is 1. The Labute approximate surface area is 93.7 Å². The van der Waals surface area contributed by atoms with Crippen LogP contribution in [0.3, 0.4) is 0 Å². The van der Waals surface area contributed by atoms with Crippen LogP contribution in [0.25, 0.3) is 0 Å². The van der Waals surface area contributed by atoms with E-state index in [4.69, 9.17) is 5.26 Å². The van der Waals surface area contributed by atoms with Crippen LogP contribution in [0.5, 0.6) is 0 Å². The Morgan fingerprint density at radius 1 is 1.41 bits per heavy atom. The number of alkyl halides is 5. The van der Waals surface area contributed by atoms with Crippen LogP contribution in [-0.2, 0) is 12.6 Å². The van der Waals surface area contributed by atoms with E-state index in [2.05, 4.69) is 4.98 Å². The summed E-state index contributed by atoms with van der Waals surface area (Å²) in [6.45, 7) is 1.11. The second-order valence-corrected chi connectivity index (χ2v) is 3.30. The summed E-state index contributed by atoms with van der Waals surface area (Å²) in [7, 11) is 0. The van der Waals surface area contributed by atoms with E-state index in [0.29, 0.717) is 6.07 Å². The summed E-state index contributed by atoms with van der Waals surface area (Å²) in [6.07, 6.45) is -8.27. The van der Waals surface area contributed by atoms with Crippen molar-refractivity contribution < 1.29 is 22.0 Å². The number of hydrogen-bond donors (Lipinski definition) is 0. The van der Waals surface area contributed by atoms with Crippen molar-refractivity contribution in [3.05, 3.63) is 28.6 Å². The summed E-state index contributed by atoms with van der Waals surface area (Å²) in [5.74, 6) is 0. The smallest absolute Gasteiger partial charge is 0.250 e. The van der Waals surface area contributed by atoms with Crippen LogP contribution in [0, 0.1) is 18.3 Å². The normalized spacial score (nSPS) is 11.6. The van der Waals surface area contributed by atoms with E-state index < -0.39 is 30.3 Å². The minimum absolute atomic E-state index is 0.266. The van der Waals surface area contributed by atoms with Crippen molar-refractivity contribution in [2.75, 3.05) is 0 Å². The molecule has 17 heavy (non-hydrogen) atoms. The molecule has 1 rings (SSSR count). The molecule has 0 bridgehead atoms. The van der Waals surface area contributed by atoms with Crippen molar-refractivity contribution in [3.63, 3.8) is 0 Å². The molecule has 1 aromatic heterocycles. The molecule has 0 unspecified atom stereocenters. The van der Waals surface area contributed by atoms with E-state index in [-0.39, 0.29) is 11.3 Å². The highest BCUT2D eigenvalue weighted by molar-refractivity contribution is 5.35. The van der Waals surface area contributed by atoms with Crippen LogP contribution in [0.4, 0.5) is 22.0 Å². The highest BCUT2D eigenvalue weighted by Crippen LogP contribution is 2.34. The first kappa shape index (κ1) is 13.4. The molecule has 92 valence electrons. The van der Waals surface area contributed by atoms with E-state index >= 15 is 0 Å². The lowest BCUT2D eigenvalue weighted by Gasteiger charge is -2.14. The molecule has 0 fully saturated rings. The first-order valence-corrected chi connectivity index (χ1v) is 4.50. The fraction of sp³-hybridized carbons (Fsp3) is 0.400. The van der Waals surface area contributed by atoms with Gasteiger partial charge in [-0.3, -0.25) is 4.98 Å². The molecule has 1 aromatic rings. The van der Waals surface area contributed by atoms with Gasteiger partial charge in [-0.2, -0.15) is 18.4 Å². The largest absolute Gasteiger partial charge is 0.416 e. The van der Waals surface area contributed by atoms with Crippen molar-refractivity contribution >= 4 is 0 Å². The molecule has 0 amide bonds. The molecular weight excluding hydrogens is 243 g/mol. The lowest BCUT2D eigenvalue weighted by molar-refractivity contribution is -0.138. The Kier molecular flexibility index (Phi) is 3.66. The van der Waals surface area contributed by atoms with E-state index in [0.717, 1.165) is 6.92 Å². The van der Waals surface area contributed by atoms with Crippen molar-refractivity contribution in [1.29, 1.82) is 5.26 Å². The highest BCUT2D eigenvalue weighted by atomic mass is 19.4. The zero-order chi connectivity index (χ0) is 13.2. The Bertz CT molecular complexity index is 459. The van der Waals surface area contributed by atoms with Gasteiger partial charge in [0.2, 0.25) is 0 Å². The minimum Gasteiger partial charge on any atom is -0.250 e. The van der Waals surface area contributed by atoms with Crippen LogP contribution >= 0.6 is 0 Å². The molecule has 0 aliphatic heterocycles. The van der Waals surface area contributed by atoms with Gasteiger partial charge in [0.15, 0.2) is 0 Å². The third-order valence-electron chi connectivity index (χ3n) is 2.17. The SMILES string of the molecule is Cc1c(C(F)(F)F)cc(C(F)F)nc1CC#N. The summed E-state index contributed by atoms with van der Waals surface area (Å²) < 4.78 is 62.4. The second-order valence-electron chi connectivity index (χ2n) is 3.30. The number of hydrogen-bond acceptors (Lipinski definition) is 2. The van der Waals surface area contributed by atoms with Gasteiger partial charge in [-0.15, -0.1) is 0 Å². The molecule has 0 saturated heterocycles. The van der Waals surface area contributed by atoms with E-state index in [1.807, 2.05) is 0 Å². The monoisotopic (exact) mass is 250 g/mol. The zero-order valence-electron chi connectivity index (χ0n) is 8.65. The molecule has 0 aromatic carbocycles. The summed E-state index contributed by atoms with van der Waals surface area (Å²) in [4.78, 5) is 3.36. The molecule has 0 N–H and O–H groups in total. The van der Waals surface area contributed by atoms with Crippen LogP contribution in [0.1, 0.15) is 28.9 Å². The lowest BCUT2D eigenvalue weighted by atomic mass is 10.0. The molecular formula is C10H7F5N2. The molecule has 1 heterocycles. The van der Waals surface area contributed by atoms with E-state index in [1.54, 1.807) is 6.07 Å². The summed E-state index contributed by atoms with van der Waals surface area (Å²) in [5, 5.41) is 8.41. The molecule has 0 radical (unpaired) electrons. The molecule has 0 aliphatic rings. The summed E-state index contributed by atoms with van der Waals surface area (Å²) >= 11 is 0. The number of halogens is 5. The maximum Gasteiger partial charge on any atom is 0.416 e. The van der Waals surface area contributed by atoms with Crippen LogP contribution in [0.15, 0.2) is 6.07 Å². The standard InChI is InChI=1S/C10H7F5N2/c1-5-6(10(13,14)15)4-8(9(11)12)17-7(5)2-3-16/h4,9H,2H2,1H3. The minimum atomic E-state index is -4.74. The Morgan fingerprint density at radius 3 is 2.41 bits per heavy atom. The zero-order valence-corrected chi connectivity index (χ0v) is 8.65. The first-order valence-electron chi connectivity index (χ1n) is 4.50.